The first-order valence-electron chi connectivity index (χ1n) is 6.04. The standard InChI is InChI=1S/C13H24N2O2/c1-11(2)15(9-12(16)17-5)8-6-7-13(3,4)10-14/h11H,6-9H2,1-5H3. The highest BCUT2D eigenvalue weighted by molar-refractivity contribution is 5.71. The third-order valence-corrected chi connectivity index (χ3v) is 2.84. The van der Waals surface area contributed by atoms with Gasteiger partial charge in [-0.05, 0) is 47.1 Å². The molecule has 0 heterocycles. The van der Waals surface area contributed by atoms with Crippen LogP contribution in [0.5, 0.6) is 0 Å². The fourth-order valence-electron chi connectivity index (χ4n) is 1.53. The Bertz CT molecular complexity index is 280. The van der Waals surface area contributed by atoms with Gasteiger partial charge in [0.2, 0.25) is 0 Å². The van der Waals surface area contributed by atoms with Crippen LogP contribution in [0.3, 0.4) is 0 Å². The van der Waals surface area contributed by atoms with Gasteiger partial charge in [0.1, 0.15) is 0 Å². The van der Waals surface area contributed by atoms with Gasteiger partial charge in [-0.25, -0.2) is 0 Å². The second-order valence-corrected chi connectivity index (χ2v) is 5.24. The van der Waals surface area contributed by atoms with E-state index in [0.717, 1.165) is 19.4 Å². The third-order valence-electron chi connectivity index (χ3n) is 2.84. The molecule has 0 aliphatic rings. The molecule has 0 N–H and O–H groups in total. The van der Waals surface area contributed by atoms with E-state index >= 15 is 0 Å². The smallest absolute Gasteiger partial charge is 0.319 e. The Balaban J connectivity index is 4.12. The molecule has 0 radical (unpaired) electrons. The summed E-state index contributed by atoms with van der Waals surface area (Å²) in [7, 11) is 1.40. The largest absolute Gasteiger partial charge is 0.468 e. The number of nitriles is 1. The molecule has 0 spiro atoms. The zero-order chi connectivity index (χ0) is 13.5. The molecule has 0 rings (SSSR count). The van der Waals surface area contributed by atoms with Crippen LogP contribution in [-0.2, 0) is 9.53 Å². The van der Waals surface area contributed by atoms with Gasteiger partial charge >= 0.3 is 5.97 Å². The lowest BCUT2D eigenvalue weighted by atomic mass is 9.90. The monoisotopic (exact) mass is 240 g/mol. The van der Waals surface area contributed by atoms with E-state index in [1.54, 1.807) is 0 Å². The van der Waals surface area contributed by atoms with Crippen molar-refractivity contribution in [3.63, 3.8) is 0 Å². The van der Waals surface area contributed by atoms with E-state index in [9.17, 15) is 4.79 Å². The number of methoxy groups -OCH3 is 1. The Morgan fingerprint density at radius 3 is 2.47 bits per heavy atom. The molecule has 0 saturated carbocycles. The normalized spacial score (nSPS) is 11.6. The highest BCUT2D eigenvalue weighted by Gasteiger charge is 2.18. The lowest BCUT2D eigenvalue weighted by Crippen LogP contribution is -2.37. The summed E-state index contributed by atoms with van der Waals surface area (Å²) < 4.78 is 4.67. The Kier molecular flexibility index (Phi) is 6.82. The molecule has 0 fully saturated rings. The second kappa shape index (κ2) is 7.29. The fraction of sp³-hybridized carbons (Fsp3) is 0.846. The first-order chi connectivity index (χ1) is 7.82. The van der Waals surface area contributed by atoms with E-state index in [-0.39, 0.29) is 11.4 Å². The SMILES string of the molecule is COC(=O)CN(CCCC(C)(C)C#N)C(C)C. The molecule has 98 valence electrons. The number of rotatable bonds is 7. The molecule has 0 atom stereocenters. The molecule has 4 heteroatoms. The van der Waals surface area contributed by atoms with Crippen LogP contribution in [-0.4, -0.2) is 37.1 Å². The van der Waals surface area contributed by atoms with Crippen molar-refractivity contribution in [1.29, 1.82) is 5.26 Å². The van der Waals surface area contributed by atoms with Gasteiger partial charge in [0.15, 0.2) is 0 Å². The predicted octanol–water partition coefficient (Wildman–Crippen LogP) is 2.20. The lowest BCUT2D eigenvalue weighted by molar-refractivity contribution is -0.142. The van der Waals surface area contributed by atoms with Crippen molar-refractivity contribution in [2.45, 2.75) is 46.6 Å². The highest BCUT2D eigenvalue weighted by atomic mass is 16.5. The summed E-state index contributed by atoms with van der Waals surface area (Å²) in [5, 5.41) is 8.91. The summed E-state index contributed by atoms with van der Waals surface area (Å²) in [6.45, 7) is 9.12. The Hall–Kier alpha value is -1.08. The number of carbonyl (C=O) groups excluding carboxylic acids is 1. The molecule has 0 unspecified atom stereocenters. The van der Waals surface area contributed by atoms with Crippen LogP contribution in [0.25, 0.3) is 0 Å². The number of hydrogen-bond acceptors (Lipinski definition) is 4. The van der Waals surface area contributed by atoms with Gasteiger partial charge in [-0.15, -0.1) is 0 Å². The topological polar surface area (TPSA) is 53.3 Å². The number of hydrogen-bond donors (Lipinski definition) is 0. The average Bonchev–Trinajstić information content (AvgIpc) is 2.27. The molecule has 0 aromatic carbocycles. The quantitative estimate of drug-likeness (QED) is 0.640. The number of ether oxygens (including phenoxy) is 1. The minimum absolute atomic E-state index is 0.210. The van der Waals surface area contributed by atoms with Gasteiger partial charge in [0.05, 0.1) is 25.1 Å². The molecule has 0 aromatic heterocycles. The van der Waals surface area contributed by atoms with E-state index < -0.39 is 0 Å². The van der Waals surface area contributed by atoms with Crippen molar-refractivity contribution in [1.82, 2.24) is 4.90 Å². The lowest BCUT2D eigenvalue weighted by Gasteiger charge is -2.26. The number of nitrogens with zero attached hydrogens (tertiary/aromatic N) is 2. The van der Waals surface area contributed by atoms with Gasteiger partial charge in [0, 0.05) is 6.04 Å². The Morgan fingerprint density at radius 2 is 2.06 bits per heavy atom. The molecule has 0 amide bonds. The third kappa shape index (κ3) is 6.96. The molecular weight excluding hydrogens is 216 g/mol. The zero-order valence-electron chi connectivity index (χ0n) is 11.6. The summed E-state index contributed by atoms with van der Waals surface area (Å²) >= 11 is 0. The van der Waals surface area contributed by atoms with Crippen LogP contribution in [0.4, 0.5) is 0 Å². The van der Waals surface area contributed by atoms with Gasteiger partial charge < -0.3 is 4.74 Å². The molecular formula is C13H24N2O2. The minimum atomic E-state index is -0.284. The maximum absolute atomic E-state index is 11.2. The summed E-state index contributed by atoms with van der Waals surface area (Å²) in [4.78, 5) is 13.3. The highest BCUT2D eigenvalue weighted by Crippen LogP contribution is 2.21. The van der Waals surface area contributed by atoms with E-state index in [0.29, 0.717) is 12.6 Å². The van der Waals surface area contributed by atoms with Crippen molar-refractivity contribution >= 4 is 5.97 Å². The maximum Gasteiger partial charge on any atom is 0.319 e. The maximum atomic E-state index is 11.2. The average molecular weight is 240 g/mol. The van der Waals surface area contributed by atoms with Crippen molar-refractivity contribution in [3.8, 4) is 6.07 Å². The number of carbonyl (C=O) groups is 1. The summed E-state index contributed by atoms with van der Waals surface area (Å²) in [6, 6.07) is 2.59. The van der Waals surface area contributed by atoms with Gasteiger partial charge in [-0.1, -0.05) is 0 Å². The van der Waals surface area contributed by atoms with Gasteiger partial charge in [0.25, 0.3) is 0 Å². The van der Waals surface area contributed by atoms with Crippen LogP contribution in [0.2, 0.25) is 0 Å². The van der Waals surface area contributed by atoms with E-state index in [4.69, 9.17) is 5.26 Å². The van der Waals surface area contributed by atoms with E-state index in [1.165, 1.54) is 7.11 Å². The first kappa shape index (κ1) is 15.9. The molecule has 0 aliphatic carbocycles. The van der Waals surface area contributed by atoms with Gasteiger partial charge in [-0.2, -0.15) is 5.26 Å². The summed E-state index contributed by atoms with van der Waals surface area (Å²) in [5.41, 5.74) is -0.284. The van der Waals surface area contributed by atoms with Crippen LogP contribution in [0.15, 0.2) is 0 Å². The van der Waals surface area contributed by atoms with Crippen LogP contribution in [0.1, 0.15) is 40.5 Å². The predicted molar refractivity (Wildman–Crippen MR) is 67.4 cm³/mol. The second-order valence-electron chi connectivity index (χ2n) is 5.24. The molecule has 0 bridgehead atoms. The van der Waals surface area contributed by atoms with E-state index in [2.05, 4.69) is 29.6 Å². The van der Waals surface area contributed by atoms with E-state index in [1.807, 2.05) is 13.8 Å². The minimum Gasteiger partial charge on any atom is -0.468 e. The zero-order valence-corrected chi connectivity index (χ0v) is 11.6. The summed E-state index contributed by atoms with van der Waals surface area (Å²) in [6.07, 6.45) is 1.75. The Labute approximate surface area is 105 Å². The van der Waals surface area contributed by atoms with Gasteiger partial charge in [-0.3, -0.25) is 9.69 Å². The first-order valence-corrected chi connectivity index (χ1v) is 6.04. The number of esters is 1. The molecule has 17 heavy (non-hydrogen) atoms. The molecule has 0 aromatic rings. The van der Waals surface area contributed by atoms with Crippen molar-refractivity contribution in [3.05, 3.63) is 0 Å². The molecule has 4 nitrogen and oxygen atoms in total. The van der Waals surface area contributed by atoms with Crippen molar-refractivity contribution in [2.24, 2.45) is 5.41 Å². The molecule has 0 saturated heterocycles. The Morgan fingerprint density at radius 1 is 1.47 bits per heavy atom. The fourth-order valence-corrected chi connectivity index (χ4v) is 1.53. The van der Waals surface area contributed by atoms with Crippen LogP contribution in [0, 0.1) is 16.7 Å². The van der Waals surface area contributed by atoms with Crippen molar-refractivity contribution < 1.29 is 9.53 Å². The van der Waals surface area contributed by atoms with Crippen LogP contribution < -0.4 is 0 Å². The van der Waals surface area contributed by atoms with Crippen molar-refractivity contribution in [2.75, 3.05) is 20.2 Å². The summed E-state index contributed by atoms with van der Waals surface area (Å²) in [5.74, 6) is -0.210. The van der Waals surface area contributed by atoms with Crippen LogP contribution >= 0.6 is 0 Å². The molecule has 0 aliphatic heterocycles.